The second-order valence-electron chi connectivity index (χ2n) is 7.00. The molecule has 2 N–H and O–H groups in total. The molecule has 0 bridgehead atoms. The predicted molar refractivity (Wildman–Crippen MR) is 98.2 cm³/mol. The molecule has 1 unspecified atom stereocenters. The van der Waals surface area contributed by atoms with Crippen molar-refractivity contribution in [3.63, 3.8) is 0 Å². The largest absolute Gasteiger partial charge is 0.480 e. The summed E-state index contributed by atoms with van der Waals surface area (Å²) < 4.78 is 1.24. The topological polar surface area (TPSA) is 105 Å². The third kappa shape index (κ3) is 4.33. The number of hydrogen-bond donors (Lipinski definition) is 2. The Bertz CT molecular complexity index is 848. The smallest absolute Gasteiger partial charge is 0.325 e. The highest BCUT2D eigenvalue weighted by Gasteiger charge is 2.39. The van der Waals surface area contributed by atoms with Gasteiger partial charge in [-0.25, -0.2) is 0 Å². The number of nitrogens with zero attached hydrogens (tertiary/aromatic N) is 3. The van der Waals surface area contributed by atoms with E-state index in [-0.39, 0.29) is 18.4 Å². The summed E-state index contributed by atoms with van der Waals surface area (Å²) in [5, 5.41) is 15.6. The highest BCUT2D eigenvalue weighted by Crippen LogP contribution is 2.31. The summed E-state index contributed by atoms with van der Waals surface area (Å²) in [4.78, 5) is 37.9. The first kappa shape index (κ1) is 18.6. The summed E-state index contributed by atoms with van der Waals surface area (Å²) in [6.45, 7) is 2.50. The fourth-order valence-corrected chi connectivity index (χ4v) is 3.28. The van der Waals surface area contributed by atoms with Gasteiger partial charge in [0.15, 0.2) is 5.82 Å². The number of piperidine rings is 1. The van der Waals surface area contributed by atoms with Crippen molar-refractivity contribution in [3.05, 3.63) is 48.2 Å². The van der Waals surface area contributed by atoms with Crippen molar-refractivity contribution in [3.8, 4) is 0 Å². The molecule has 2 heterocycles. The number of likely N-dealkylation sites (tertiary alicyclic amines) is 1. The summed E-state index contributed by atoms with van der Waals surface area (Å²) >= 11 is 0. The Balaban J connectivity index is 1.67. The molecule has 27 heavy (non-hydrogen) atoms. The Hall–Kier alpha value is -3.16. The lowest BCUT2D eigenvalue weighted by molar-refractivity contribution is -0.137. The van der Waals surface area contributed by atoms with Gasteiger partial charge < -0.3 is 15.3 Å². The minimum Gasteiger partial charge on any atom is -0.480 e. The number of carboxylic acids is 1. The maximum absolute atomic E-state index is 12.8. The number of carboxylic acid groups (broad SMARTS) is 1. The third-order valence-corrected chi connectivity index (χ3v) is 4.73. The number of carbonyl (C=O) groups excluding carboxylic acids is 2. The summed E-state index contributed by atoms with van der Waals surface area (Å²) in [6, 6.07) is 10.6. The maximum Gasteiger partial charge on any atom is 0.325 e. The van der Waals surface area contributed by atoms with Crippen molar-refractivity contribution in [2.24, 2.45) is 5.41 Å². The monoisotopic (exact) mass is 370 g/mol. The zero-order chi connectivity index (χ0) is 19.4. The van der Waals surface area contributed by atoms with Gasteiger partial charge in [-0.05, 0) is 31.9 Å². The zero-order valence-electron chi connectivity index (χ0n) is 15.1. The molecular weight excluding hydrogens is 348 g/mol. The Kier molecular flexibility index (Phi) is 5.25. The van der Waals surface area contributed by atoms with E-state index in [1.807, 2.05) is 25.1 Å². The van der Waals surface area contributed by atoms with Crippen LogP contribution in [0.25, 0.3) is 0 Å². The van der Waals surface area contributed by atoms with Gasteiger partial charge in [0.05, 0.1) is 5.41 Å². The van der Waals surface area contributed by atoms with Crippen LogP contribution < -0.4 is 5.32 Å². The van der Waals surface area contributed by atoms with Gasteiger partial charge in [0.25, 0.3) is 5.91 Å². The van der Waals surface area contributed by atoms with Gasteiger partial charge in [-0.3, -0.25) is 19.1 Å². The molecule has 3 rings (SSSR count). The van der Waals surface area contributed by atoms with Crippen molar-refractivity contribution in [2.75, 3.05) is 18.4 Å². The van der Waals surface area contributed by atoms with E-state index in [1.165, 1.54) is 10.9 Å². The Morgan fingerprint density at radius 1 is 1.22 bits per heavy atom. The molecule has 1 fully saturated rings. The quantitative estimate of drug-likeness (QED) is 0.836. The maximum atomic E-state index is 12.8. The number of nitrogens with one attached hydrogen (secondary N) is 1. The summed E-state index contributed by atoms with van der Waals surface area (Å²) in [6.07, 6.45) is 2.89. The van der Waals surface area contributed by atoms with Crippen LogP contribution in [-0.4, -0.2) is 50.7 Å². The van der Waals surface area contributed by atoms with Crippen molar-refractivity contribution in [1.82, 2.24) is 14.7 Å². The number of hydrogen-bond acceptors (Lipinski definition) is 4. The van der Waals surface area contributed by atoms with Crippen LogP contribution >= 0.6 is 0 Å². The molecular formula is C19H22N4O4. The molecule has 2 amide bonds. The summed E-state index contributed by atoms with van der Waals surface area (Å²) in [7, 11) is 0. The van der Waals surface area contributed by atoms with E-state index in [9.17, 15) is 14.4 Å². The minimum absolute atomic E-state index is 0.0833. The summed E-state index contributed by atoms with van der Waals surface area (Å²) in [5.74, 6) is -1.02. The van der Waals surface area contributed by atoms with Gasteiger partial charge in [0.2, 0.25) is 5.91 Å². The Morgan fingerprint density at radius 2 is 1.96 bits per heavy atom. The lowest BCUT2D eigenvalue weighted by Gasteiger charge is -2.39. The molecule has 8 heteroatoms. The average Bonchev–Trinajstić information content (AvgIpc) is 3.08. The highest BCUT2D eigenvalue weighted by molar-refractivity contribution is 5.97. The van der Waals surface area contributed by atoms with Gasteiger partial charge in [-0.1, -0.05) is 18.2 Å². The molecule has 1 atom stereocenters. The standard InChI is InChI=1S/C19H22N4O4/c1-19(18(27)20-15-8-11-23(21-15)12-16(24)25)9-5-10-22(13-19)17(26)14-6-3-2-4-7-14/h2-4,6-8,11H,5,9-10,12-13H2,1H3,(H,24,25)(H,20,21,27). The van der Waals surface area contributed by atoms with Crippen LogP contribution in [0.3, 0.4) is 0 Å². The van der Waals surface area contributed by atoms with Gasteiger partial charge in [-0.2, -0.15) is 5.10 Å². The second kappa shape index (κ2) is 7.61. The van der Waals surface area contributed by atoms with E-state index in [0.717, 1.165) is 6.42 Å². The Labute approximate surface area is 156 Å². The third-order valence-electron chi connectivity index (χ3n) is 4.73. The fraction of sp³-hybridized carbons (Fsp3) is 0.368. The number of anilines is 1. The van der Waals surface area contributed by atoms with Crippen molar-refractivity contribution >= 4 is 23.6 Å². The van der Waals surface area contributed by atoms with Crippen LogP contribution in [0, 0.1) is 5.41 Å². The van der Waals surface area contributed by atoms with Crippen molar-refractivity contribution < 1.29 is 19.5 Å². The first-order chi connectivity index (χ1) is 12.9. The van der Waals surface area contributed by atoms with Gasteiger partial charge in [0, 0.05) is 30.9 Å². The Morgan fingerprint density at radius 3 is 2.67 bits per heavy atom. The van der Waals surface area contributed by atoms with E-state index in [4.69, 9.17) is 5.11 Å². The molecule has 1 aromatic heterocycles. The van der Waals surface area contributed by atoms with E-state index < -0.39 is 11.4 Å². The lowest BCUT2D eigenvalue weighted by Crippen LogP contribution is -2.50. The van der Waals surface area contributed by atoms with E-state index in [1.54, 1.807) is 23.1 Å². The lowest BCUT2D eigenvalue weighted by atomic mass is 9.80. The molecule has 0 aliphatic carbocycles. The molecule has 1 aromatic carbocycles. The first-order valence-corrected chi connectivity index (χ1v) is 8.78. The molecule has 2 aromatic rings. The normalized spacial score (nSPS) is 19.5. The van der Waals surface area contributed by atoms with Crippen LogP contribution in [0.5, 0.6) is 0 Å². The van der Waals surface area contributed by atoms with E-state index in [2.05, 4.69) is 10.4 Å². The number of aliphatic carboxylic acids is 1. The number of benzene rings is 1. The summed E-state index contributed by atoms with van der Waals surface area (Å²) in [5.41, 5.74) is -0.131. The second-order valence-corrected chi connectivity index (χ2v) is 7.00. The van der Waals surface area contributed by atoms with Crippen LogP contribution in [0.15, 0.2) is 42.6 Å². The van der Waals surface area contributed by atoms with E-state index in [0.29, 0.717) is 30.9 Å². The SMILES string of the molecule is CC1(C(=O)Nc2ccn(CC(=O)O)n2)CCCN(C(=O)c2ccccc2)C1. The predicted octanol–water partition coefficient (Wildman–Crippen LogP) is 1.85. The fourth-order valence-electron chi connectivity index (χ4n) is 3.28. The number of carbonyl (C=O) groups is 3. The van der Waals surface area contributed by atoms with Crippen LogP contribution in [0.4, 0.5) is 5.82 Å². The molecule has 1 aliphatic heterocycles. The zero-order valence-corrected chi connectivity index (χ0v) is 15.1. The number of aromatic nitrogens is 2. The number of amides is 2. The van der Waals surface area contributed by atoms with Crippen molar-refractivity contribution in [2.45, 2.75) is 26.3 Å². The molecule has 8 nitrogen and oxygen atoms in total. The van der Waals surface area contributed by atoms with Crippen LogP contribution in [0.1, 0.15) is 30.1 Å². The molecule has 1 aliphatic rings. The van der Waals surface area contributed by atoms with E-state index >= 15 is 0 Å². The average molecular weight is 370 g/mol. The molecule has 0 radical (unpaired) electrons. The highest BCUT2D eigenvalue weighted by atomic mass is 16.4. The molecule has 0 spiro atoms. The van der Waals surface area contributed by atoms with Crippen LogP contribution in [-0.2, 0) is 16.1 Å². The number of rotatable bonds is 5. The van der Waals surface area contributed by atoms with Crippen molar-refractivity contribution in [1.29, 1.82) is 0 Å². The molecule has 1 saturated heterocycles. The van der Waals surface area contributed by atoms with Gasteiger partial charge in [-0.15, -0.1) is 0 Å². The molecule has 142 valence electrons. The minimum atomic E-state index is -1.01. The van der Waals surface area contributed by atoms with Gasteiger partial charge in [0.1, 0.15) is 6.54 Å². The van der Waals surface area contributed by atoms with Gasteiger partial charge >= 0.3 is 5.97 Å². The first-order valence-electron chi connectivity index (χ1n) is 8.78. The molecule has 0 saturated carbocycles. The van der Waals surface area contributed by atoms with Crippen LogP contribution in [0.2, 0.25) is 0 Å².